The molecule has 0 spiro atoms. The highest BCUT2D eigenvalue weighted by molar-refractivity contribution is 7.47. The van der Waals surface area contributed by atoms with Gasteiger partial charge >= 0.3 is 7.82 Å². The van der Waals surface area contributed by atoms with Crippen LogP contribution in [0.1, 0.15) is 174 Å². The van der Waals surface area contributed by atoms with Gasteiger partial charge in [-0.2, -0.15) is 0 Å². The van der Waals surface area contributed by atoms with Crippen molar-refractivity contribution in [2.45, 2.75) is 229 Å². The van der Waals surface area contributed by atoms with Crippen LogP contribution in [-0.2, 0) is 18.4 Å². The van der Waals surface area contributed by atoms with Crippen molar-refractivity contribution in [3.05, 3.63) is 0 Å². The molecule has 1 aliphatic rings. The maximum atomic E-state index is 12.9. The van der Waals surface area contributed by atoms with E-state index in [-0.39, 0.29) is 12.8 Å². The van der Waals surface area contributed by atoms with Gasteiger partial charge in [-0.25, -0.2) is 4.57 Å². The number of nitrogens with one attached hydrogen (secondary N) is 1. The molecule has 9 N–H and O–H groups in total. The number of aliphatic hydroxyl groups is 7. The zero-order valence-electron chi connectivity index (χ0n) is 32.2. The van der Waals surface area contributed by atoms with Crippen LogP contribution in [-0.4, -0.2) is 108 Å². The van der Waals surface area contributed by atoms with Crippen LogP contribution in [0.3, 0.4) is 0 Å². The molecule has 1 rings (SSSR count). The Balaban J connectivity index is 2.58. The number of unbranched alkanes of at least 4 members (excludes halogenated alkanes) is 20. The third-order valence-electron chi connectivity index (χ3n) is 10.2. The average Bonchev–Trinajstić information content (AvgIpc) is 3.11. The van der Waals surface area contributed by atoms with Gasteiger partial charge in [0.15, 0.2) is 0 Å². The minimum absolute atomic E-state index is 0.218. The normalized spacial score (nSPS) is 25.0. The van der Waals surface area contributed by atoms with Gasteiger partial charge in [-0.3, -0.25) is 13.8 Å². The van der Waals surface area contributed by atoms with Crippen molar-refractivity contribution in [1.29, 1.82) is 0 Å². The van der Waals surface area contributed by atoms with E-state index in [1.165, 1.54) is 83.5 Å². The first-order valence-corrected chi connectivity index (χ1v) is 22.1. The Kier molecular flexibility index (Phi) is 28.0. The first-order valence-electron chi connectivity index (χ1n) is 20.6. The van der Waals surface area contributed by atoms with Gasteiger partial charge in [-0.1, -0.05) is 155 Å². The van der Waals surface area contributed by atoms with E-state index in [0.29, 0.717) is 12.8 Å². The molecule has 0 aromatic rings. The molecule has 14 heteroatoms. The Morgan fingerprint density at radius 3 is 1.38 bits per heavy atom. The molecule has 0 aromatic carbocycles. The van der Waals surface area contributed by atoms with Crippen LogP contribution in [0.5, 0.6) is 0 Å². The Labute approximate surface area is 313 Å². The Bertz CT molecular complexity index is 916. The first-order chi connectivity index (χ1) is 24.8. The SMILES string of the molecule is CCCCCCCCCCCCCCCCCC(O)C(COP(=O)(O)OC1C(O)C(O)C(O)C(O)C1O)NC(=O)CC(O)CCCCCCCCC. The summed E-state index contributed by atoms with van der Waals surface area (Å²) in [5, 5.41) is 74.1. The summed E-state index contributed by atoms with van der Waals surface area (Å²) in [5.74, 6) is -0.563. The van der Waals surface area contributed by atoms with Gasteiger partial charge < -0.3 is 46.0 Å². The summed E-state index contributed by atoms with van der Waals surface area (Å²) in [4.78, 5) is 23.3. The molecule has 0 saturated heterocycles. The minimum Gasteiger partial charge on any atom is -0.393 e. The third-order valence-corrected chi connectivity index (χ3v) is 11.2. The predicted octanol–water partition coefficient (Wildman–Crippen LogP) is 5.31. The van der Waals surface area contributed by atoms with E-state index < -0.39 is 75.2 Å². The maximum absolute atomic E-state index is 12.9. The molecule has 0 aliphatic heterocycles. The number of carbonyl (C=O) groups excluding carboxylic acids is 1. The van der Waals surface area contributed by atoms with Crippen LogP contribution >= 0.6 is 7.82 Å². The van der Waals surface area contributed by atoms with Crippen LogP contribution in [0.25, 0.3) is 0 Å². The molecular formula is C38H76NO12P. The second-order valence-corrected chi connectivity index (χ2v) is 16.4. The molecule has 1 aliphatic carbocycles. The quantitative estimate of drug-likeness (QED) is 0.0306. The molecule has 0 bridgehead atoms. The van der Waals surface area contributed by atoms with E-state index in [1.54, 1.807) is 0 Å². The summed E-state index contributed by atoms with van der Waals surface area (Å²) in [5.41, 5.74) is 0. The summed E-state index contributed by atoms with van der Waals surface area (Å²) in [6.45, 7) is 3.71. The smallest absolute Gasteiger partial charge is 0.393 e. The third kappa shape index (κ3) is 22.0. The number of hydrogen-bond donors (Lipinski definition) is 9. The van der Waals surface area contributed by atoms with Gasteiger partial charge in [0.2, 0.25) is 5.91 Å². The monoisotopic (exact) mass is 770 g/mol. The number of hydrogen-bond acceptors (Lipinski definition) is 11. The van der Waals surface area contributed by atoms with E-state index in [0.717, 1.165) is 51.4 Å². The van der Waals surface area contributed by atoms with Crippen LogP contribution in [0, 0.1) is 0 Å². The zero-order chi connectivity index (χ0) is 38.8. The standard InChI is InChI=1S/C38H76NO12P/c1-3-5-7-9-11-12-13-14-15-16-17-18-20-22-24-26-31(41)30(39-32(42)27-29(40)25-23-21-19-10-8-6-4-2)28-50-52(48,49)51-38-36(46)34(44)33(43)35(45)37(38)47/h29-31,33-38,40-41,43-47H,3-28H2,1-2H3,(H,39,42)(H,48,49). The van der Waals surface area contributed by atoms with E-state index in [2.05, 4.69) is 19.2 Å². The summed E-state index contributed by atoms with van der Waals surface area (Å²) >= 11 is 0. The predicted molar refractivity (Wildman–Crippen MR) is 201 cm³/mol. The summed E-state index contributed by atoms with van der Waals surface area (Å²) in [7, 11) is -5.10. The molecule has 1 saturated carbocycles. The largest absolute Gasteiger partial charge is 0.472 e. The fourth-order valence-corrected chi connectivity index (χ4v) is 7.74. The number of carbonyl (C=O) groups is 1. The first kappa shape index (κ1) is 49.3. The molecule has 1 fully saturated rings. The molecule has 1 amide bonds. The number of phosphoric ester groups is 1. The van der Waals surface area contributed by atoms with Gasteiger partial charge in [0, 0.05) is 0 Å². The van der Waals surface area contributed by atoms with Gasteiger partial charge in [-0.15, -0.1) is 0 Å². The van der Waals surface area contributed by atoms with Crippen molar-refractivity contribution in [2.75, 3.05) is 6.61 Å². The van der Waals surface area contributed by atoms with Crippen molar-refractivity contribution in [3.63, 3.8) is 0 Å². The fourth-order valence-electron chi connectivity index (χ4n) is 6.77. The second-order valence-electron chi connectivity index (χ2n) is 15.0. The molecule has 310 valence electrons. The van der Waals surface area contributed by atoms with Crippen LogP contribution < -0.4 is 5.32 Å². The van der Waals surface area contributed by atoms with Gasteiger partial charge in [0.1, 0.15) is 36.6 Å². The molecular weight excluding hydrogens is 693 g/mol. The highest BCUT2D eigenvalue weighted by Gasteiger charge is 2.51. The zero-order valence-corrected chi connectivity index (χ0v) is 33.1. The summed E-state index contributed by atoms with van der Waals surface area (Å²) in [6.07, 6.45) is 11.9. The molecule has 0 radical (unpaired) electrons. The Morgan fingerprint density at radius 2 is 0.962 bits per heavy atom. The van der Waals surface area contributed by atoms with Gasteiger partial charge in [-0.05, 0) is 12.8 Å². The lowest BCUT2D eigenvalue weighted by molar-refractivity contribution is -0.220. The van der Waals surface area contributed by atoms with E-state index in [9.17, 15) is 50.0 Å². The van der Waals surface area contributed by atoms with Crippen molar-refractivity contribution in [3.8, 4) is 0 Å². The van der Waals surface area contributed by atoms with Crippen LogP contribution in [0.15, 0.2) is 0 Å². The highest BCUT2D eigenvalue weighted by atomic mass is 31.2. The Morgan fingerprint density at radius 1 is 0.596 bits per heavy atom. The van der Waals surface area contributed by atoms with Crippen molar-refractivity contribution in [2.24, 2.45) is 0 Å². The van der Waals surface area contributed by atoms with Crippen molar-refractivity contribution < 1.29 is 59.0 Å². The van der Waals surface area contributed by atoms with Crippen molar-refractivity contribution in [1.82, 2.24) is 5.32 Å². The van der Waals surface area contributed by atoms with E-state index in [4.69, 9.17) is 9.05 Å². The lowest BCUT2D eigenvalue weighted by atomic mass is 9.85. The maximum Gasteiger partial charge on any atom is 0.472 e. The fraction of sp³-hybridized carbons (Fsp3) is 0.974. The number of phosphoric acid groups is 1. The lowest BCUT2D eigenvalue weighted by Crippen LogP contribution is -2.64. The number of rotatable bonds is 33. The van der Waals surface area contributed by atoms with Gasteiger partial charge in [0.05, 0.1) is 31.3 Å². The molecule has 8 atom stereocenters. The molecule has 8 unspecified atom stereocenters. The number of amides is 1. The molecule has 0 aromatic heterocycles. The second kappa shape index (κ2) is 29.6. The average molecular weight is 770 g/mol. The van der Waals surface area contributed by atoms with E-state index >= 15 is 0 Å². The Hall–Kier alpha value is -0.700. The van der Waals surface area contributed by atoms with Crippen molar-refractivity contribution >= 4 is 13.7 Å². The molecule has 13 nitrogen and oxygen atoms in total. The summed E-state index contributed by atoms with van der Waals surface area (Å²) < 4.78 is 22.8. The van der Waals surface area contributed by atoms with Crippen LogP contribution in [0.4, 0.5) is 0 Å². The summed E-state index contributed by atoms with van der Waals surface area (Å²) in [6, 6.07) is -1.15. The lowest BCUT2D eigenvalue weighted by Gasteiger charge is -2.41. The molecule has 52 heavy (non-hydrogen) atoms. The van der Waals surface area contributed by atoms with Crippen LogP contribution in [0.2, 0.25) is 0 Å². The topological polar surface area (TPSA) is 226 Å². The molecule has 0 heterocycles. The van der Waals surface area contributed by atoms with E-state index in [1.807, 2.05) is 0 Å². The minimum atomic E-state index is -5.10. The highest BCUT2D eigenvalue weighted by Crippen LogP contribution is 2.47. The number of aliphatic hydroxyl groups excluding tert-OH is 7. The van der Waals surface area contributed by atoms with Gasteiger partial charge in [0.25, 0.3) is 0 Å².